The fourth-order valence-corrected chi connectivity index (χ4v) is 2.31. The zero-order valence-electron chi connectivity index (χ0n) is 11.7. The Morgan fingerprint density at radius 2 is 2.14 bits per heavy atom. The second kappa shape index (κ2) is 6.37. The molecule has 1 aromatic carbocycles. The first-order valence-electron chi connectivity index (χ1n) is 6.38. The molecule has 0 bridgehead atoms. The molecule has 7 heteroatoms. The lowest BCUT2D eigenvalue weighted by Crippen LogP contribution is -2.11. The Bertz CT molecular complexity index is 683. The molecule has 2 N–H and O–H groups in total. The van der Waals surface area contributed by atoms with Crippen molar-refractivity contribution in [1.29, 1.82) is 0 Å². The van der Waals surface area contributed by atoms with E-state index in [0.29, 0.717) is 28.0 Å². The third kappa shape index (κ3) is 3.31. The van der Waals surface area contributed by atoms with Gasteiger partial charge in [-0.3, -0.25) is 4.68 Å². The van der Waals surface area contributed by atoms with Crippen molar-refractivity contribution in [3.63, 3.8) is 0 Å². The van der Waals surface area contributed by atoms with Crippen LogP contribution in [0.2, 0.25) is 10.0 Å². The van der Waals surface area contributed by atoms with E-state index in [9.17, 15) is 4.79 Å². The van der Waals surface area contributed by atoms with Crippen LogP contribution in [0.5, 0.6) is 0 Å². The van der Waals surface area contributed by atoms with Crippen molar-refractivity contribution in [2.75, 3.05) is 5.73 Å². The maximum Gasteiger partial charge on any atom is 0.340 e. The van der Waals surface area contributed by atoms with Gasteiger partial charge in [0.15, 0.2) is 0 Å². The van der Waals surface area contributed by atoms with Crippen LogP contribution in [0.1, 0.15) is 28.7 Å². The average Bonchev–Trinajstić information content (AvgIpc) is 2.71. The number of hydrogen-bond acceptors (Lipinski definition) is 4. The molecule has 0 saturated carbocycles. The summed E-state index contributed by atoms with van der Waals surface area (Å²) in [5, 5.41) is 5.23. The lowest BCUT2D eigenvalue weighted by atomic mass is 10.2. The molecule has 112 valence electrons. The van der Waals surface area contributed by atoms with E-state index in [0.717, 1.165) is 0 Å². The van der Waals surface area contributed by atoms with E-state index in [2.05, 4.69) is 5.10 Å². The first kappa shape index (κ1) is 15.7. The number of anilines is 1. The summed E-state index contributed by atoms with van der Waals surface area (Å²) < 4.78 is 6.97. The quantitative estimate of drug-likeness (QED) is 0.689. The molecular formula is C14H15Cl2N3O2. The summed E-state index contributed by atoms with van der Waals surface area (Å²) in [6.07, 6.45) is 0. The molecule has 0 fully saturated rings. The van der Waals surface area contributed by atoms with E-state index in [4.69, 9.17) is 33.7 Å². The van der Waals surface area contributed by atoms with Gasteiger partial charge in [0, 0.05) is 17.3 Å². The summed E-state index contributed by atoms with van der Waals surface area (Å²) in [4.78, 5) is 12.0. The zero-order valence-corrected chi connectivity index (χ0v) is 13.2. The molecule has 0 radical (unpaired) electrons. The Morgan fingerprint density at radius 1 is 1.43 bits per heavy atom. The minimum absolute atomic E-state index is 0.0361. The molecule has 0 spiro atoms. The summed E-state index contributed by atoms with van der Waals surface area (Å²) in [5.41, 5.74) is 7.67. The Balaban J connectivity index is 2.14. The van der Waals surface area contributed by atoms with Crippen LogP contribution < -0.4 is 5.73 Å². The number of benzene rings is 1. The standard InChI is InChI=1S/C14H15Cl2N3O2/c1-3-19-12(13(16)8(2)18-19)7-21-14(20)10-5-4-9(15)6-11(10)17/h4-6H,3,7,17H2,1-2H3. The Kier molecular flexibility index (Phi) is 4.75. The van der Waals surface area contributed by atoms with Gasteiger partial charge in [-0.25, -0.2) is 4.79 Å². The number of esters is 1. The predicted molar refractivity (Wildman–Crippen MR) is 82.6 cm³/mol. The molecule has 0 aliphatic rings. The van der Waals surface area contributed by atoms with E-state index in [1.165, 1.54) is 12.1 Å². The van der Waals surface area contributed by atoms with Gasteiger partial charge in [0.1, 0.15) is 6.61 Å². The van der Waals surface area contributed by atoms with Crippen molar-refractivity contribution in [2.24, 2.45) is 0 Å². The van der Waals surface area contributed by atoms with Crippen LogP contribution in [0.15, 0.2) is 18.2 Å². The lowest BCUT2D eigenvalue weighted by Gasteiger charge is -2.09. The number of carbonyl (C=O) groups excluding carboxylic acids is 1. The largest absolute Gasteiger partial charge is 0.455 e. The predicted octanol–water partition coefficient (Wildman–Crippen LogP) is 3.46. The van der Waals surface area contributed by atoms with Crippen LogP contribution in [0.25, 0.3) is 0 Å². The summed E-state index contributed by atoms with van der Waals surface area (Å²) in [7, 11) is 0. The van der Waals surface area contributed by atoms with Crippen LogP contribution in [0.3, 0.4) is 0 Å². The number of nitrogen functional groups attached to an aromatic ring is 1. The average molecular weight is 328 g/mol. The molecule has 1 heterocycles. The van der Waals surface area contributed by atoms with Crippen molar-refractivity contribution in [2.45, 2.75) is 27.0 Å². The number of rotatable bonds is 4. The molecule has 0 amide bonds. The smallest absolute Gasteiger partial charge is 0.340 e. The highest BCUT2D eigenvalue weighted by molar-refractivity contribution is 6.32. The van der Waals surface area contributed by atoms with Gasteiger partial charge in [0.05, 0.1) is 22.0 Å². The second-order valence-corrected chi connectivity index (χ2v) is 5.28. The van der Waals surface area contributed by atoms with Crippen molar-refractivity contribution < 1.29 is 9.53 Å². The maximum absolute atomic E-state index is 12.0. The highest BCUT2D eigenvalue weighted by Crippen LogP contribution is 2.23. The van der Waals surface area contributed by atoms with Gasteiger partial charge in [0.25, 0.3) is 0 Å². The fraction of sp³-hybridized carbons (Fsp3) is 0.286. The minimum Gasteiger partial charge on any atom is -0.455 e. The number of aryl methyl sites for hydroxylation is 2. The number of ether oxygens (including phenoxy) is 1. The number of hydrogen-bond donors (Lipinski definition) is 1. The Hall–Kier alpha value is -1.72. The van der Waals surface area contributed by atoms with Gasteiger partial charge in [-0.2, -0.15) is 5.10 Å². The van der Waals surface area contributed by atoms with Crippen molar-refractivity contribution in [3.8, 4) is 0 Å². The molecular weight excluding hydrogens is 313 g/mol. The number of carbonyl (C=O) groups is 1. The molecule has 0 aliphatic carbocycles. The van der Waals surface area contributed by atoms with Crippen molar-refractivity contribution >= 4 is 34.9 Å². The van der Waals surface area contributed by atoms with Gasteiger partial charge in [-0.1, -0.05) is 23.2 Å². The molecule has 0 unspecified atom stereocenters. The molecule has 21 heavy (non-hydrogen) atoms. The minimum atomic E-state index is -0.526. The van der Waals surface area contributed by atoms with Crippen molar-refractivity contribution in [1.82, 2.24) is 9.78 Å². The van der Waals surface area contributed by atoms with Crippen LogP contribution in [0, 0.1) is 6.92 Å². The normalized spacial score (nSPS) is 10.7. The summed E-state index contributed by atoms with van der Waals surface area (Å²) in [5.74, 6) is -0.526. The third-order valence-corrected chi connectivity index (χ3v) is 3.75. The van der Waals surface area contributed by atoms with E-state index >= 15 is 0 Å². The first-order chi connectivity index (χ1) is 9.93. The highest BCUT2D eigenvalue weighted by Gasteiger charge is 2.16. The van der Waals surface area contributed by atoms with Crippen LogP contribution >= 0.6 is 23.2 Å². The summed E-state index contributed by atoms with van der Waals surface area (Å²) >= 11 is 12.0. The number of aromatic nitrogens is 2. The summed E-state index contributed by atoms with van der Waals surface area (Å²) in [6.45, 7) is 4.42. The number of nitrogens with zero attached hydrogens (tertiary/aromatic N) is 2. The van der Waals surface area contributed by atoms with Gasteiger partial charge >= 0.3 is 5.97 Å². The van der Waals surface area contributed by atoms with E-state index in [1.807, 2.05) is 6.92 Å². The highest BCUT2D eigenvalue weighted by atomic mass is 35.5. The maximum atomic E-state index is 12.0. The fourth-order valence-electron chi connectivity index (χ4n) is 1.94. The van der Waals surface area contributed by atoms with Gasteiger partial charge in [-0.05, 0) is 32.0 Å². The van der Waals surface area contributed by atoms with Gasteiger partial charge in [0.2, 0.25) is 0 Å². The molecule has 1 aromatic heterocycles. The second-order valence-electron chi connectivity index (χ2n) is 4.47. The van der Waals surface area contributed by atoms with Gasteiger partial charge in [-0.15, -0.1) is 0 Å². The summed E-state index contributed by atoms with van der Waals surface area (Å²) in [6, 6.07) is 4.62. The van der Waals surface area contributed by atoms with E-state index in [-0.39, 0.29) is 17.9 Å². The molecule has 0 saturated heterocycles. The molecule has 0 atom stereocenters. The molecule has 2 rings (SSSR count). The third-order valence-electron chi connectivity index (χ3n) is 3.03. The Morgan fingerprint density at radius 3 is 2.76 bits per heavy atom. The van der Waals surface area contributed by atoms with Crippen LogP contribution in [0.4, 0.5) is 5.69 Å². The number of nitrogens with two attached hydrogens (primary N) is 1. The molecule has 2 aromatic rings. The topological polar surface area (TPSA) is 70.1 Å². The molecule has 0 aliphatic heterocycles. The lowest BCUT2D eigenvalue weighted by molar-refractivity contribution is 0.0464. The first-order valence-corrected chi connectivity index (χ1v) is 7.13. The number of halogens is 2. The SMILES string of the molecule is CCn1nc(C)c(Cl)c1COC(=O)c1ccc(Cl)cc1N. The molecule has 5 nitrogen and oxygen atoms in total. The van der Waals surface area contributed by atoms with E-state index < -0.39 is 5.97 Å². The monoisotopic (exact) mass is 327 g/mol. The van der Waals surface area contributed by atoms with Gasteiger partial charge < -0.3 is 10.5 Å². The van der Waals surface area contributed by atoms with Crippen LogP contribution in [-0.2, 0) is 17.9 Å². The zero-order chi connectivity index (χ0) is 15.6. The Labute approximate surface area is 132 Å². The van der Waals surface area contributed by atoms with Crippen molar-refractivity contribution in [3.05, 3.63) is 45.2 Å². The van der Waals surface area contributed by atoms with Crippen LogP contribution in [-0.4, -0.2) is 15.7 Å². The van der Waals surface area contributed by atoms with E-state index in [1.54, 1.807) is 17.7 Å².